The Balaban J connectivity index is 0.00000392. The second-order valence-electron chi connectivity index (χ2n) is 6.80. The van der Waals surface area contributed by atoms with E-state index in [0.717, 1.165) is 11.1 Å². The summed E-state index contributed by atoms with van der Waals surface area (Å²) >= 11 is 0. The summed E-state index contributed by atoms with van der Waals surface area (Å²) in [6.07, 6.45) is 0. The van der Waals surface area contributed by atoms with Crippen LogP contribution in [0, 0.1) is 18.6 Å². The number of rotatable bonds is 7. The van der Waals surface area contributed by atoms with E-state index >= 15 is 0 Å². The van der Waals surface area contributed by atoms with E-state index in [-0.39, 0.29) is 35.6 Å². The largest absolute Gasteiger partial charge is 0.357 e. The molecule has 154 valence electrons. The third kappa shape index (κ3) is 7.71. The molecule has 2 aromatic rings. The van der Waals surface area contributed by atoms with Crippen molar-refractivity contribution in [3.8, 4) is 0 Å². The second-order valence-corrected chi connectivity index (χ2v) is 6.80. The van der Waals surface area contributed by atoms with Gasteiger partial charge in [0.15, 0.2) is 5.96 Å². The summed E-state index contributed by atoms with van der Waals surface area (Å²) in [5, 5.41) is 6.37. The number of benzene rings is 2. The first-order valence-corrected chi connectivity index (χ1v) is 9.08. The Kier molecular flexibility index (Phi) is 10.4. The van der Waals surface area contributed by atoms with Crippen LogP contribution in [-0.2, 0) is 19.6 Å². The molecule has 2 aromatic carbocycles. The van der Waals surface area contributed by atoms with Crippen LogP contribution in [0.15, 0.2) is 41.4 Å². The van der Waals surface area contributed by atoms with E-state index in [1.807, 2.05) is 38.1 Å². The molecule has 0 heterocycles. The first kappa shape index (κ1) is 24.3. The molecule has 2 rings (SSSR count). The van der Waals surface area contributed by atoms with Crippen molar-refractivity contribution < 1.29 is 8.78 Å². The zero-order valence-electron chi connectivity index (χ0n) is 16.9. The Labute approximate surface area is 183 Å². The molecule has 0 spiro atoms. The lowest BCUT2D eigenvalue weighted by Gasteiger charge is -2.13. The highest BCUT2D eigenvalue weighted by Crippen LogP contribution is 2.13. The number of guanidine groups is 1. The fourth-order valence-electron chi connectivity index (χ4n) is 2.63. The summed E-state index contributed by atoms with van der Waals surface area (Å²) < 4.78 is 27.6. The van der Waals surface area contributed by atoms with Crippen molar-refractivity contribution in [1.82, 2.24) is 15.5 Å². The maximum absolute atomic E-state index is 13.9. The Morgan fingerprint density at radius 2 is 1.71 bits per heavy atom. The van der Waals surface area contributed by atoms with Gasteiger partial charge in [-0.15, -0.1) is 24.0 Å². The minimum Gasteiger partial charge on any atom is -0.357 e. The van der Waals surface area contributed by atoms with Crippen molar-refractivity contribution in [3.05, 3.63) is 70.3 Å². The molecule has 0 aliphatic carbocycles. The molecule has 0 unspecified atom stereocenters. The normalized spacial score (nSPS) is 11.3. The molecule has 0 amide bonds. The molecule has 0 saturated carbocycles. The SMILES string of the molecule is CCNC(=NCc1ccc(F)c(CN(C)C)c1)NCc1ccc(C)c(F)c1.I. The highest BCUT2D eigenvalue weighted by molar-refractivity contribution is 14.0. The highest BCUT2D eigenvalue weighted by atomic mass is 127. The highest BCUT2D eigenvalue weighted by Gasteiger charge is 2.06. The van der Waals surface area contributed by atoms with Crippen LogP contribution < -0.4 is 10.6 Å². The van der Waals surface area contributed by atoms with Gasteiger partial charge in [-0.1, -0.05) is 18.2 Å². The summed E-state index contributed by atoms with van der Waals surface area (Å²) in [7, 11) is 3.82. The van der Waals surface area contributed by atoms with Crippen LogP contribution in [0.2, 0.25) is 0 Å². The van der Waals surface area contributed by atoms with Crippen molar-refractivity contribution in [2.45, 2.75) is 33.5 Å². The van der Waals surface area contributed by atoms with Crippen LogP contribution in [0.25, 0.3) is 0 Å². The average Bonchev–Trinajstić information content (AvgIpc) is 2.62. The maximum atomic E-state index is 13.9. The molecule has 0 fully saturated rings. The third-order valence-electron chi connectivity index (χ3n) is 4.06. The Bertz CT molecular complexity index is 794. The Morgan fingerprint density at radius 1 is 1.00 bits per heavy atom. The summed E-state index contributed by atoms with van der Waals surface area (Å²) in [6.45, 7) is 5.88. The molecular weight excluding hydrogens is 473 g/mol. The van der Waals surface area contributed by atoms with Gasteiger partial charge >= 0.3 is 0 Å². The van der Waals surface area contributed by atoms with Gasteiger partial charge in [-0.25, -0.2) is 13.8 Å². The first-order valence-electron chi connectivity index (χ1n) is 9.08. The third-order valence-corrected chi connectivity index (χ3v) is 4.06. The zero-order valence-corrected chi connectivity index (χ0v) is 19.2. The number of halogens is 3. The van der Waals surface area contributed by atoms with Gasteiger partial charge in [-0.2, -0.15) is 0 Å². The molecule has 0 radical (unpaired) electrons. The van der Waals surface area contributed by atoms with Crippen LogP contribution in [0.1, 0.15) is 29.2 Å². The smallest absolute Gasteiger partial charge is 0.191 e. The lowest BCUT2D eigenvalue weighted by Crippen LogP contribution is -2.36. The second kappa shape index (κ2) is 12.0. The number of hydrogen-bond acceptors (Lipinski definition) is 2. The van der Waals surface area contributed by atoms with Gasteiger partial charge in [-0.05, 0) is 62.8 Å². The van der Waals surface area contributed by atoms with Crippen LogP contribution in [0.4, 0.5) is 8.78 Å². The van der Waals surface area contributed by atoms with Gasteiger partial charge in [0.1, 0.15) is 11.6 Å². The number of hydrogen-bond donors (Lipinski definition) is 2. The Morgan fingerprint density at radius 3 is 2.36 bits per heavy atom. The summed E-state index contributed by atoms with van der Waals surface area (Å²) in [4.78, 5) is 6.48. The van der Waals surface area contributed by atoms with Crippen molar-refractivity contribution in [2.75, 3.05) is 20.6 Å². The van der Waals surface area contributed by atoms with Crippen LogP contribution >= 0.6 is 24.0 Å². The fraction of sp³-hybridized carbons (Fsp3) is 0.381. The molecule has 0 saturated heterocycles. The number of aryl methyl sites for hydroxylation is 1. The van der Waals surface area contributed by atoms with Crippen LogP contribution in [-0.4, -0.2) is 31.5 Å². The molecule has 7 heteroatoms. The van der Waals surface area contributed by atoms with Gasteiger partial charge in [-0.3, -0.25) is 0 Å². The zero-order chi connectivity index (χ0) is 19.8. The molecule has 0 aromatic heterocycles. The van der Waals surface area contributed by atoms with Gasteiger partial charge < -0.3 is 15.5 Å². The van der Waals surface area contributed by atoms with E-state index in [9.17, 15) is 8.78 Å². The van der Waals surface area contributed by atoms with Crippen LogP contribution in [0.3, 0.4) is 0 Å². The molecule has 0 aliphatic heterocycles. The summed E-state index contributed by atoms with van der Waals surface area (Å²) in [5.74, 6) is 0.218. The number of nitrogens with zero attached hydrogens (tertiary/aromatic N) is 2. The van der Waals surface area contributed by atoms with Crippen molar-refractivity contribution in [1.29, 1.82) is 0 Å². The average molecular weight is 502 g/mol. The monoisotopic (exact) mass is 502 g/mol. The van der Waals surface area contributed by atoms with E-state index in [2.05, 4.69) is 15.6 Å². The Hall–Kier alpha value is -1.74. The van der Waals surface area contributed by atoms with Gasteiger partial charge in [0.25, 0.3) is 0 Å². The quantitative estimate of drug-likeness (QED) is 0.339. The van der Waals surface area contributed by atoms with Crippen molar-refractivity contribution in [2.24, 2.45) is 4.99 Å². The van der Waals surface area contributed by atoms with Crippen molar-refractivity contribution >= 4 is 29.9 Å². The lowest BCUT2D eigenvalue weighted by molar-refractivity contribution is 0.392. The van der Waals surface area contributed by atoms with E-state index in [0.29, 0.717) is 43.3 Å². The molecular formula is C21H29F2IN4. The maximum Gasteiger partial charge on any atom is 0.191 e. The number of aliphatic imine (C=N–C) groups is 1. The standard InChI is InChI=1S/C21H28F2N4.HI/c1-5-24-21(26-13-17-7-6-15(2)20(23)11-17)25-12-16-8-9-19(22)18(10-16)14-27(3)4;/h6-11H,5,12-14H2,1-4H3,(H2,24,25,26);1H. The van der Waals surface area contributed by atoms with Gasteiger partial charge in [0, 0.05) is 25.2 Å². The fourth-order valence-corrected chi connectivity index (χ4v) is 2.63. The van der Waals surface area contributed by atoms with Crippen LogP contribution in [0.5, 0.6) is 0 Å². The molecule has 0 aliphatic rings. The lowest BCUT2D eigenvalue weighted by atomic mass is 10.1. The first-order chi connectivity index (χ1) is 12.9. The number of nitrogens with one attached hydrogen (secondary N) is 2. The molecule has 28 heavy (non-hydrogen) atoms. The van der Waals surface area contributed by atoms with Gasteiger partial charge in [0.05, 0.1) is 6.54 Å². The summed E-state index contributed by atoms with van der Waals surface area (Å²) in [6, 6.07) is 10.3. The van der Waals surface area contributed by atoms with E-state index in [4.69, 9.17) is 0 Å². The van der Waals surface area contributed by atoms with E-state index < -0.39 is 0 Å². The van der Waals surface area contributed by atoms with Gasteiger partial charge in [0.2, 0.25) is 0 Å². The van der Waals surface area contributed by atoms with E-state index in [1.165, 1.54) is 12.1 Å². The molecule has 2 N–H and O–H groups in total. The molecule has 0 bridgehead atoms. The minimum absolute atomic E-state index is 0. The topological polar surface area (TPSA) is 39.7 Å². The molecule has 0 atom stereocenters. The van der Waals surface area contributed by atoms with E-state index in [1.54, 1.807) is 19.1 Å². The minimum atomic E-state index is -0.212. The summed E-state index contributed by atoms with van der Waals surface area (Å²) in [5.41, 5.74) is 3.07. The molecule has 4 nitrogen and oxygen atoms in total. The van der Waals surface area contributed by atoms with Crippen molar-refractivity contribution in [3.63, 3.8) is 0 Å². The predicted octanol–water partition coefficient (Wildman–Crippen LogP) is 4.21. The predicted molar refractivity (Wildman–Crippen MR) is 122 cm³/mol.